The van der Waals surface area contributed by atoms with E-state index in [1.54, 1.807) is 0 Å². The Balaban J connectivity index is 1.40. The molecule has 0 heterocycles. The van der Waals surface area contributed by atoms with E-state index in [0.717, 1.165) is 5.56 Å². The first-order valence-corrected chi connectivity index (χ1v) is 20.0. The van der Waals surface area contributed by atoms with Crippen molar-refractivity contribution in [3.8, 4) is 22.3 Å². The second-order valence-corrected chi connectivity index (χ2v) is 15.0. The average Bonchev–Trinajstić information content (AvgIpc) is 3.26. The normalized spacial score (nSPS) is 12.5. The number of hydrogen-bond donors (Lipinski definition) is 0. The van der Waals surface area contributed by atoms with Gasteiger partial charge in [0.15, 0.2) is 0 Å². The number of allylic oxidation sites excluding steroid dienone is 5. The second-order valence-electron chi connectivity index (χ2n) is 15.0. The van der Waals surface area contributed by atoms with E-state index in [1.807, 2.05) is 6.08 Å². The summed E-state index contributed by atoms with van der Waals surface area (Å²) in [5.41, 5.74) is 9.79. The van der Waals surface area contributed by atoms with E-state index in [-0.39, 0.29) is 0 Å². The fourth-order valence-electron chi connectivity index (χ4n) is 9.54. The van der Waals surface area contributed by atoms with E-state index in [2.05, 4.69) is 209 Å². The minimum atomic E-state index is 1.14. The van der Waals surface area contributed by atoms with Crippen molar-refractivity contribution in [2.45, 2.75) is 20.8 Å². The number of rotatable bonds is 6. The summed E-state index contributed by atoms with van der Waals surface area (Å²) in [6.07, 6.45) is 12.9. The molecule has 57 heavy (non-hydrogen) atoms. The van der Waals surface area contributed by atoms with E-state index in [9.17, 15) is 0 Å². The van der Waals surface area contributed by atoms with E-state index < -0.39 is 0 Å². The van der Waals surface area contributed by atoms with Gasteiger partial charge in [-0.3, -0.25) is 0 Å². The van der Waals surface area contributed by atoms with Crippen LogP contribution in [0.4, 0.5) is 0 Å². The van der Waals surface area contributed by atoms with E-state index in [0.29, 0.717) is 0 Å². The lowest BCUT2D eigenvalue weighted by Crippen LogP contribution is -1.95. The van der Waals surface area contributed by atoms with Crippen LogP contribution in [0.3, 0.4) is 0 Å². The molecule has 10 aromatic rings. The maximum Gasteiger partial charge on any atom is -0.00197 e. The molecule has 0 spiro atoms. The van der Waals surface area contributed by atoms with Crippen molar-refractivity contribution >= 4 is 93.1 Å². The highest BCUT2D eigenvalue weighted by Crippen LogP contribution is 2.50. The molecule has 10 aromatic carbocycles. The Labute approximate surface area is 334 Å². The maximum absolute atomic E-state index is 4.17. The minimum Gasteiger partial charge on any atom is -0.0984 e. The summed E-state index contributed by atoms with van der Waals surface area (Å²) in [6, 6.07) is 56.9. The van der Waals surface area contributed by atoms with Crippen LogP contribution in [0.15, 0.2) is 183 Å². The van der Waals surface area contributed by atoms with Gasteiger partial charge in [-0.25, -0.2) is 0 Å². The Morgan fingerprint density at radius 2 is 0.965 bits per heavy atom. The first-order chi connectivity index (χ1) is 28.1. The van der Waals surface area contributed by atoms with Gasteiger partial charge in [0.1, 0.15) is 0 Å². The molecule has 0 aliphatic carbocycles. The Morgan fingerprint density at radius 1 is 0.439 bits per heavy atom. The Morgan fingerprint density at radius 3 is 1.60 bits per heavy atom. The van der Waals surface area contributed by atoms with Crippen LogP contribution in [0.1, 0.15) is 37.5 Å². The van der Waals surface area contributed by atoms with Gasteiger partial charge in [-0.2, -0.15) is 0 Å². The minimum absolute atomic E-state index is 1.14. The second kappa shape index (κ2) is 13.9. The van der Waals surface area contributed by atoms with Crippen molar-refractivity contribution in [1.29, 1.82) is 0 Å². The van der Waals surface area contributed by atoms with E-state index >= 15 is 0 Å². The number of hydrogen-bond acceptors (Lipinski definition) is 0. The summed E-state index contributed by atoms with van der Waals surface area (Å²) in [4.78, 5) is 0. The van der Waals surface area contributed by atoms with Crippen molar-refractivity contribution in [1.82, 2.24) is 0 Å². The molecule has 0 saturated heterocycles. The van der Waals surface area contributed by atoms with Crippen LogP contribution in [0.25, 0.3) is 115 Å². The van der Waals surface area contributed by atoms with Crippen molar-refractivity contribution in [3.05, 3.63) is 199 Å². The molecular weight excluding hydrogens is 685 g/mol. The van der Waals surface area contributed by atoms with Gasteiger partial charge in [-0.05, 0) is 159 Å². The standard InChI is InChI=1S/C57H42/c1-5-17-36(7-3)39-31-32-50-53(33-39)57(52-35-41-30-28-38-19-9-10-20-43(38)55(41)47-24-14-12-22-45(47)52)49-26-16-15-25-48(49)56(50)51-34-40-29-27-37(8-4)42(18-6-2)54(40)46-23-13-11-21-44(46)51/h5-35H,4H2,1-3H3/b17-5-,18-6-,36-7+. The molecular formula is C57H42. The highest BCUT2D eigenvalue weighted by atomic mass is 14.3. The predicted molar refractivity (Wildman–Crippen MR) is 253 cm³/mol. The third kappa shape index (κ3) is 5.36. The number of benzene rings is 10. The van der Waals surface area contributed by atoms with Crippen LogP contribution in [0, 0.1) is 0 Å². The van der Waals surface area contributed by atoms with Crippen LogP contribution < -0.4 is 0 Å². The molecule has 10 rings (SSSR count). The monoisotopic (exact) mass is 726 g/mol. The molecule has 0 bridgehead atoms. The molecule has 0 atom stereocenters. The maximum atomic E-state index is 4.17. The van der Waals surface area contributed by atoms with Crippen LogP contribution in [0.5, 0.6) is 0 Å². The lowest BCUT2D eigenvalue weighted by atomic mass is 9.81. The van der Waals surface area contributed by atoms with Gasteiger partial charge in [0, 0.05) is 0 Å². The molecule has 0 saturated carbocycles. The van der Waals surface area contributed by atoms with E-state index in [4.69, 9.17) is 0 Å². The van der Waals surface area contributed by atoms with Gasteiger partial charge in [0.25, 0.3) is 0 Å². The summed E-state index contributed by atoms with van der Waals surface area (Å²) >= 11 is 0. The lowest BCUT2D eigenvalue weighted by molar-refractivity contribution is 1.61. The lowest BCUT2D eigenvalue weighted by Gasteiger charge is -2.22. The fourth-order valence-corrected chi connectivity index (χ4v) is 9.54. The van der Waals surface area contributed by atoms with Crippen molar-refractivity contribution < 1.29 is 0 Å². The molecule has 0 aromatic heterocycles. The SMILES string of the molecule is C=Cc1ccc2cc(-c3c4ccccc4c(-c4cc5ccc6ccccc6c5c5ccccc45)c4cc(C(/C=C\C)=C/C)ccc34)c3ccccc3c2c1/C=C\C. The molecule has 0 unspecified atom stereocenters. The summed E-state index contributed by atoms with van der Waals surface area (Å²) in [6.45, 7) is 10.5. The Hall–Kier alpha value is -7.02. The third-order valence-corrected chi connectivity index (χ3v) is 12.0. The zero-order chi connectivity index (χ0) is 38.6. The highest BCUT2D eigenvalue weighted by Gasteiger charge is 2.22. The number of fused-ring (bicyclic) bond motifs is 10. The van der Waals surface area contributed by atoms with Crippen LogP contribution in [0.2, 0.25) is 0 Å². The van der Waals surface area contributed by atoms with Gasteiger partial charge in [-0.15, -0.1) is 0 Å². The van der Waals surface area contributed by atoms with Gasteiger partial charge in [-0.1, -0.05) is 176 Å². The molecule has 0 aliphatic heterocycles. The smallest absolute Gasteiger partial charge is 0.00197 e. The molecule has 0 radical (unpaired) electrons. The molecule has 0 heteroatoms. The van der Waals surface area contributed by atoms with Gasteiger partial charge in [0.05, 0.1) is 0 Å². The summed E-state index contributed by atoms with van der Waals surface area (Å²) in [7, 11) is 0. The molecule has 0 N–H and O–H groups in total. The predicted octanol–water partition coefficient (Wildman–Crippen LogP) is 16.7. The summed E-state index contributed by atoms with van der Waals surface area (Å²) in [5, 5.41) is 17.6. The highest BCUT2D eigenvalue weighted by molar-refractivity contribution is 6.30. The quantitative estimate of drug-likeness (QED) is 0.0909. The summed E-state index contributed by atoms with van der Waals surface area (Å²) < 4.78 is 0. The molecule has 270 valence electrons. The fraction of sp³-hybridized carbons (Fsp3) is 0.0526. The van der Waals surface area contributed by atoms with Crippen molar-refractivity contribution in [3.63, 3.8) is 0 Å². The summed E-state index contributed by atoms with van der Waals surface area (Å²) in [5.74, 6) is 0. The van der Waals surface area contributed by atoms with Crippen LogP contribution >= 0.6 is 0 Å². The van der Waals surface area contributed by atoms with Gasteiger partial charge < -0.3 is 0 Å². The van der Waals surface area contributed by atoms with Crippen molar-refractivity contribution in [2.75, 3.05) is 0 Å². The first kappa shape index (κ1) is 34.5. The van der Waals surface area contributed by atoms with E-state index in [1.165, 1.54) is 114 Å². The van der Waals surface area contributed by atoms with Crippen LogP contribution in [-0.2, 0) is 0 Å². The molecule has 0 nitrogen and oxygen atoms in total. The molecule has 0 aliphatic rings. The zero-order valence-corrected chi connectivity index (χ0v) is 32.6. The molecule has 0 amide bonds. The average molecular weight is 727 g/mol. The third-order valence-electron chi connectivity index (χ3n) is 12.0. The topological polar surface area (TPSA) is 0 Å². The van der Waals surface area contributed by atoms with Gasteiger partial charge >= 0.3 is 0 Å². The largest absolute Gasteiger partial charge is 0.0984 e. The Kier molecular flexibility index (Phi) is 8.42. The Bertz CT molecular complexity index is 3380. The van der Waals surface area contributed by atoms with Gasteiger partial charge in [0.2, 0.25) is 0 Å². The zero-order valence-electron chi connectivity index (χ0n) is 32.6. The van der Waals surface area contributed by atoms with Crippen LogP contribution in [-0.4, -0.2) is 0 Å². The first-order valence-electron chi connectivity index (χ1n) is 20.0. The molecule has 0 fully saturated rings. The van der Waals surface area contributed by atoms with Crippen molar-refractivity contribution in [2.24, 2.45) is 0 Å².